The number of anilines is 1. The van der Waals surface area contributed by atoms with Gasteiger partial charge in [-0.1, -0.05) is 12.1 Å². The monoisotopic (exact) mass is 378 g/mol. The molecule has 0 atom stereocenters. The molecule has 0 fully saturated rings. The zero-order chi connectivity index (χ0) is 16.5. The number of halogens is 1. The Balaban J connectivity index is 1.63. The van der Waals surface area contributed by atoms with Crippen molar-refractivity contribution in [3.05, 3.63) is 53.0 Å². The van der Waals surface area contributed by atoms with Gasteiger partial charge in [-0.3, -0.25) is 4.79 Å². The van der Waals surface area contributed by atoms with Gasteiger partial charge in [-0.15, -0.1) is 0 Å². The summed E-state index contributed by atoms with van der Waals surface area (Å²) < 4.78 is 11.5. The molecule has 0 aliphatic carbocycles. The van der Waals surface area contributed by atoms with Crippen molar-refractivity contribution in [3.8, 4) is 11.5 Å². The Morgan fingerprint density at radius 2 is 1.78 bits per heavy atom. The van der Waals surface area contributed by atoms with E-state index < -0.39 is 0 Å². The van der Waals surface area contributed by atoms with Crippen LogP contribution in [-0.2, 0) is 4.79 Å². The van der Waals surface area contributed by atoms with Gasteiger partial charge >= 0.3 is 0 Å². The first-order valence-electron chi connectivity index (χ1n) is 7.21. The van der Waals surface area contributed by atoms with Crippen molar-refractivity contribution in [3.63, 3.8) is 0 Å². The summed E-state index contributed by atoms with van der Waals surface area (Å²) in [6, 6.07) is 14.9. The molecule has 2 N–H and O–H groups in total. The summed E-state index contributed by atoms with van der Waals surface area (Å²) >= 11 is 3.39. The van der Waals surface area contributed by atoms with Gasteiger partial charge in [0.2, 0.25) is 5.91 Å². The molecule has 2 aromatic rings. The second-order valence-electron chi connectivity index (χ2n) is 4.73. The number of hydrogen-bond donors (Lipinski definition) is 2. The second-order valence-corrected chi connectivity index (χ2v) is 5.58. The maximum absolute atomic E-state index is 11.8. The van der Waals surface area contributed by atoms with Crippen molar-refractivity contribution < 1.29 is 14.3 Å². The summed E-state index contributed by atoms with van der Waals surface area (Å²) in [6.07, 6.45) is 0. The third-order valence-corrected chi connectivity index (χ3v) is 3.73. The Hall–Kier alpha value is -2.05. The molecular formula is C17H19BrN2O3. The lowest BCUT2D eigenvalue weighted by Crippen LogP contribution is -2.31. The lowest BCUT2D eigenvalue weighted by Gasteiger charge is -2.09. The van der Waals surface area contributed by atoms with Crippen LogP contribution in [0.5, 0.6) is 11.5 Å². The fourth-order valence-corrected chi connectivity index (χ4v) is 2.26. The maximum atomic E-state index is 11.8. The molecule has 0 aliphatic rings. The van der Waals surface area contributed by atoms with E-state index in [9.17, 15) is 4.79 Å². The van der Waals surface area contributed by atoms with E-state index in [-0.39, 0.29) is 12.5 Å². The molecule has 0 spiro atoms. The average Bonchev–Trinajstić information content (AvgIpc) is 2.57. The van der Waals surface area contributed by atoms with E-state index in [0.717, 1.165) is 21.7 Å². The predicted octanol–water partition coefficient (Wildman–Crippen LogP) is 3.06. The number of hydrogen-bond acceptors (Lipinski definition) is 4. The lowest BCUT2D eigenvalue weighted by atomic mass is 10.3. The SMILES string of the molecule is COc1ccc(OCCNCC(=O)Nc2ccccc2Br)cc1. The van der Waals surface area contributed by atoms with Crippen molar-refractivity contribution in [2.45, 2.75) is 0 Å². The highest BCUT2D eigenvalue weighted by Crippen LogP contribution is 2.20. The molecule has 2 aromatic carbocycles. The van der Waals surface area contributed by atoms with Crippen molar-refractivity contribution in [1.29, 1.82) is 0 Å². The molecule has 0 unspecified atom stereocenters. The third-order valence-electron chi connectivity index (χ3n) is 3.04. The topological polar surface area (TPSA) is 59.6 Å². The smallest absolute Gasteiger partial charge is 0.238 e. The molecule has 0 bridgehead atoms. The normalized spacial score (nSPS) is 10.2. The van der Waals surface area contributed by atoms with Crippen LogP contribution in [0.4, 0.5) is 5.69 Å². The molecule has 6 heteroatoms. The fraction of sp³-hybridized carbons (Fsp3) is 0.235. The van der Waals surface area contributed by atoms with Crippen LogP contribution in [0.1, 0.15) is 0 Å². The van der Waals surface area contributed by atoms with Gasteiger partial charge in [0.05, 0.1) is 19.3 Å². The number of carbonyl (C=O) groups is 1. The maximum Gasteiger partial charge on any atom is 0.238 e. The second kappa shape index (κ2) is 9.17. The van der Waals surface area contributed by atoms with Crippen LogP contribution in [-0.4, -0.2) is 32.7 Å². The molecule has 122 valence electrons. The first kappa shape index (κ1) is 17.3. The van der Waals surface area contributed by atoms with Crippen LogP contribution in [0.15, 0.2) is 53.0 Å². The molecule has 23 heavy (non-hydrogen) atoms. The number of methoxy groups -OCH3 is 1. The van der Waals surface area contributed by atoms with Crippen molar-refractivity contribution >= 4 is 27.5 Å². The van der Waals surface area contributed by atoms with Crippen LogP contribution in [0, 0.1) is 0 Å². The Morgan fingerprint density at radius 3 is 2.48 bits per heavy atom. The van der Waals surface area contributed by atoms with Gasteiger partial charge in [0, 0.05) is 11.0 Å². The molecule has 0 saturated carbocycles. The Kier molecular flexibility index (Phi) is 6.90. The van der Waals surface area contributed by atoms with Crippen LogP contribution in [0.3, 0.4) is 0 Å². The van der Waals surface area contributed by atoms with E-state index >= 15 is 0 Å². The first-order valence-corrected chi connectivity index (χ1v) is 8.00. The standard InChI is InChI=1S/C17H19BrN2O3/c1-22-13-6-8-14(9-7-13)23-11-10-19-12-17(21)20-16-5-3-2-4-15(16)18/h2-9,19H,10-12H2,1H3,(H,20,21). The lowest BCUT2D eigenvalue weighted by molar-refractivity contribution is -0.115. The summed E-state index contributed by atoms with van der Waals surface area (Å²) in [5, 5.41) is 5.87. The molecule has 5 nitrogen and oxygen atoms in total. The fourth-order valence-electron chi connectivity index (χ4n) is 1.87. The molecule has 0 aliphatic heterocycles. The minimum Gasteiger partial charge on any atom is -0.497 e. The van der Waals surface area contributed by atoms with Gasteiger partial charge in [-0.25, -0.2) is 0 Å². The highest BCUT2D eigenvalue weighted by atomic mass is 79.9. The van der Waals surface area contributed by atoms with Gasteiger partial charge in [0.1, 0.15) is 18.1 Å². The number of ether oxygens (including phenoxy) is 2. The highest BCUT2D eigenvalue weighted by Gasteiger charge is 2.04. The predicted molar refractivity (Wildman–Crippen MR) is 94.1 cm³/mol. The average molecular weight is 379 g/mol. The van der Waals surface area contributed by atoms with Crippen LogP contribution in [0.2, 0.25) is 0 Å². The van der Waals surface area contributed by atoms with E-state index in [2.05, 4.69) is 26.6 Å². The van der Waals surface area contributed by atoms with Crippen molar-refractivity contribution in [1.82, 2.24) is 5.32 Å². The summed E-state index contributed by atoms with van der Waals surface area (Å²) in [7, 11) is 1.62. The number of nitrogens with one attached hydrogen (secondary N) is 2. The van der Waals surface area contributed by atoms with Gasteiger partial charge < -0.3 is 20.1 Å². The molecule has 0 aromatic heterocycles. The zero-order valence-electron chi connectivity index (χ0n) is 12.8. The highest BCUT2D eigenvalue weighted by molar-refractivity contribution is 9.10. The molecule has 0 heterocycles. The Morgan fingerprint density at radius 1 is 1.09 bits per heavy atom. The number of para-hydroxylation sites is 1. The van der Waals surface area contributed by atoms with Gasteiger partial charge in [0.15, 0.2) is 0 Å². The largest absolute Gasteiger partial charge is 0.497 e. The third kappa shape index (κ3) is 5.92. The molecular weight excluding hydrogens is 360 g/mol. The minimum atomic E-state index is -0.0960. The summed E-state index contributed by atoms with van der Waals surface area (Å²) in [4.78, 5) is 11.8. The van der Waals surface area contributed by atoms with Gasteiger partial charge in [0.25, 0.3) is 0 Å². The minimum absolute atomic E-state index is 0.0960. The van der Waals surface area contributed by atoms with E-state index in [1.54, 1.807) is 7.11 Å². The molecule has 0 radical (unpaired) electrons. The summed E-state index contributed by atoms with van der Waals surface area (Å²) in [5.41, 5.74) is 0.758. The molecule has 1 amide bonds. The zero-order valence-corrected chi connectivity index (χ0v) is 14.4. The van der Waals surface area contributed by atoms with Crippen LogP contribution < -0.4 is 20.1 Å². The number of amides is 1. The number of benzene rings is 2. The summed E-state index contributed by atoms with van der Waals surface area (Å²) in [6.45, 7) is 1.29. The van der Waals surface area contributed by atoms with Crippen molar-refractivity contribution in [2.24, 2.45) is 0 Å². The first-order chi connectivity index (χ1) is 11.2. The molecule has 0 saturated heterocycles. The number of carbonyl (C=O) groups excluding carboxylic acids is 1. The van der Waals surface area contributed by atoms with Crippen molar-refractivity contribution in [2.75, 3.05) is 32.1 Å². The summed E-state index contributed by atoms with van der Waals surface area (Å²) in [5.74, 6) is 1.46. The van der Waals surface area contributed by atoms with Crippen LogP contribution in [0.25, 0.3) is 0 Å². The molecule has 2 rings (SSSR count). The van der Waals surface area contributed by atoms with E-state index in [1.807, 2.05) is 48.5 Å². The Bertz CT molecular complexity index is 632. The van der Waals surface area contributed by atoms with E-state index in [1.165, 1.54) is 0 Å². The van der Waals surface area contributed by atoms with Gasteiger partial charge in [-0.05, 0) is 52.3 Å². The van der Waals surface area contributed by atoms with Gasteiger partial charge in [-0.2, -0.15) is 0 Å². The van der Waals surface area contributed by atoms with Crippen LogP contribution >= 0.6 is 15.9 Å². The quantitative estimate of drug-likeness (QED) is 0.693. The number of rotatable bonds is 8. The van der Waals surface area contributed by atoms with E-state index in [4.69, 9.17) is 9.47 Å². The van der Waals surface area contributed by atoms with E-state index in [0.29, 0.717) is 13.2 Å². The Labute approximate surface area is 144 Å².